The average Bonchev–Trinajstić information content (AvgIpc) is 3.17. The minimum Gasteiger partial charge on any atom is -0.368 e. The van der Waals surface area contributed by atoms with Crippen molar-refractivity contribution >= 4 is 26.6 Å². The van der Waals surface area contributed by atoms with Crippen LogP contribution in [0.1, 0.15) is 12.8 Å². The number of aromatic nitrogens is 3. The molecule has 0 radical (unpaired) electrons. The molecule has 2 aromatic rings. The fourth-order valence-corrected chi connectivity index (χ4v) is 3.29. The van der Waals surface area contributed by atoms with Crippen molar-refractivity contribution in [1.29, 1.82) is 0 Å². The molecule has 0 aromatic carbocycles. The first kappa shape index (κ1) is 12.3. The molecule has 2 aromatic heterocycles. The third kappa shape index (κ3) is 2.14. The fraction of sp³-hybridized carbons (Fsp3) is 0.417. The first-order valence-electron chi connectivity index (χ1n) is 6.00. The first-order valence-corrected chi connectivity index (χ1v) is 7.89. The van der Waals surface area contributed by atoms with Crippen molar-refractivity contribution < 1.29 is 8.42 Å². The maximum absolute atomic E-state index is 11.7. The minimum atomic E-state index is -3.03. The Morgan fingerprint density at radius 2 is 2.16 bits per heavy atom. The molecule has 1 aliphatic rings. The normalized spacial score (nSPS) is 17.3. The number of sulfone groups is 1. The molecule has 19 heavy (non-hydrogen) atoms. The molecule has 1 fully saturated rings. The molecule has 100 valence electrons. The van der Waals surface area contributed by atoms with Crippen LogP contribution in [0.5, 0.6) is 0 Å². The van der Waals surface area contributed by atoms with Crippen LogP contribution in [-0.2, 0) is 9.84 Å². The lowest BCUT2D eigenvalue weighted by atomic mass is 10.3. The van der Waals surface area contributed by atoms with E-state index >= 15 is 0 Å². The van der Waals surface area contributed by atoms with Gasteiger partial charge < -0.3 is 5.32 Å². The molecule has 3 rings (SSSR count). The molecule has 0 saturated heterocycles. The molecule has 0 bridgehead atoms. The number of fused-ring (bicyclic) bond motifs is 1. The van der Waals surface area contributed by atoms with E-state index in [0.717, 1.165) is 10.9 Å². The van der Waals surface area contributed by atoms with Gasteiger partial charge >= 0.3 is 0 Å². The molecule has 2 heterocycles. The molecule has 0 amide bonds. The van der Waals surface area contributed by atoms with Gasteiger partial charge in [-0.25, -0.2) is 18.4 Å². The predicted molar refractivity (Wildman–Crippen MR) is 72.6 cm³/mol. The molecular formula is C12H14N4O2S. The van der Waals surface area contributed by atoms with E-state index in [2.05, 4.69) is 20.3 Å². The van der Waals surface area contributed by atoms with Crippen molar-refractivity contribution in [2.24, 2.45) is 0 Å². The van der Waals surface area contributed by atoms with Crippen LogP contribution in [0.3, 0.4) is 0 Å². The second-order valence-electron chi connectivity index (χ2n) is 4.92. The zero-order valence-corrected chi connectivity index (χ0v) is 11.3. The second kappa shape index (κ2) is 4.12. The van der Waals surface area contributed by atoms with E-state index in [1.165, 1.54) is 12.6 Å². The quantitative estimate of drug-likeness (QED) is 0.898. The monoisotopic (exact) mass is 278 g/mol. The Balaban J connectivity index is 1.87. The van der Waals surface area contributed by atoms with E-state index in [0.29, 0.717) is 25.2 Å². The van der Waals surface area contributed by atoms with E-state index in [-0.39, 0.29) is 0 Å². The average molecular weight is 278 g/mol. The molecule has 1 saturated carbocycles. The van der Waals surface area contributed by atoms with Crippen LogP contribution < -0.4 is 5.32 Å². The standard InChI is InChI=1S/C12H14N4O2S/c1-19(17,18)12(3-4-12)7-14-11-9-2-5-13-6-10(9)15-8-16-11/h2,5-6,8H,3-4,7H2,1H3,(H,14,15,16). The van der Waals surface area contributed by atoms with Gasteiger partial charge in [-0.1, -0.05) is 0 Å². The van der Waals surface area contributed by atoms with Crippen LogP contribution in [0.4, 0.5) is 5.82 Å². The lowest BCUT2D eigenvalue weighted by Crippen LogP contribution is -2.30. The summed E-state index contributed by atoms with van der Waals surface area (Å²) in [5.74, 6) is 0.655. The van der Waals surface area contributed by atoms with Gasteiger partial charge in [-0.2, -0.15) is 0 Å². The van der Waals surface area contributed by atoms with E-state index in [4.69, 9.17) is 0 Å². The first-order chi connectivity index (χ1) is 9.02. The third-order valence-electron chi connectivity index (χ3n) is 3.61. The highest BCUT2D eigenvalue weighted by Gasteiger charge is 2.51. The van der Waals surface area contributed by atoms with Crippen molar-refractivity contribution in [3.05, 3.63) is 24.8 Å². The Morgan fingerprint density at radius 1 is 1.37 bits per heavy atom. The summed E-state index contributed by atoms with van der Waals surface area (Å²) in [6.07, 6.45) is 7.49. The molecule has 0 atom stereocenters. The minimum absolute atomic E-state index is 0.389. The van der Waals surface area contributed by atoms with Crippen molar-refractivity contribution in [2.75, 3.05) is 18.1 Å². The number of pyridine rings is 1. The molecule has 0 aliphatic heterocycles. The Kier molecular flexibility index (Phi) is 2.67. The highest BCUT2D eigenvalue weighted by atomic mass is 32.2. The third-order valence-corrected chi connectivity index (χ3v) is 5.74. The largest absolute Gasteiger partial charge is 0.368 e. The Morgan fingerprint density at radius 3 is 2.84 bits per heavy atom. The maximum Gasteiger partial charge on any atom is 0.154 e. The van der Waals surface area contributed by atoms with Crippen LogP contribution in [0, 0.1) is 0 Å². The Labute approximate surface area is 111 Å². The highest BCUT2D eigenvalue weighted by molar-refractivity contribution is 7.92. The van der Waals surface area contributed by atoms with Crippen LogP contribution in [0.15, 0.2) is 24.8 Å². The highest BCUT2D eigenvalue weighted by Crippen LogP contribution is 2.43. The summed E-state index contributed by atoms with van der Waals surface area (Å²) in [4.78, 5) is 12.3. The van der Waals surface area contributed by atoms with Crippen molar-refractivity contribution in [2.45, 2.75) is 17.6 Å². The molecule has 1 N–H and O–H groups in total. The summed E-state index contributed by atoms with van der Waals surface area (Å²) >= 11 is 0. The summed E-state index contributed by atoms with van der Waals surface area (Å²) < 4.78 is 22.8. The topological polar surface area (TPSA) is 84.8 Å². The van der Waals surface area contributed by atoms with Gasteiger partial charge in [0.15, 0.2) is 9.84 Å². The summed E-state index contributed by atoms with van der Waals surface area (Å²) in [5, 5.41) is 3.99. The lowest BCUT2D eigenvalue weighted by Gasteiger charge is -2.15. The van der Waals surface area contributed by atoms with Crippen molar-refractivity contribution in [3.63, 3.8) is 0 Å². The van der Waals surface area contributed by atoms with Gasteiger partial charge in [0, 0.05) is 24.4 Å². The van der Waals surface area contributed by atoms with Crippen LogP contribution in [0.2, 0.25) is 0 Å². The summed E-state index contributed by atoms with van der Waals surface area (Å²) in [7, 11) is -3.03. The van der Waals surface area contributed by atoms with Crippen LogP contribution in [0.25, 0.3) is 10.9 Å². The number of hydrogen-bond donors (Lipinski definition) is 1. The molecule has 6 nitrogen and oxygen atoms in total. The maximum atomic E-state index is 11.7. The van der Waals surface area contributed by atoms with Gasteiger partial charge in [-0.15, -0.1) is 0 Å². The number of anilines is 1. The Hall–Kier alpha value is -1.76. The number of nitrogens with zero attached hydrogens (tertiary/aromatic N) is 3. The van der Waals surface area contributed by atoms with Crippen molar-refractivity contribution in [1.82, 2.24) is 15.0 Å². The van der Waals surface area contributed by atoms with Gasteiger partial charge in [0.05, 0.1) is 16.5 Å². The SMILES string of the molecule is CS(=O)(=O)C1(CNc2ncnc3cnccc23)CC1. The summed E-state index contributed by atoms with van der Waals surface area (Å²) in [6.45, 7) is 0.389. The molecule has 0 spiro atoms. The van der Waals surface area contributed by atoms with Crippen LogP contribution >= 0.6 is 0 Å². The lowest BCUT2D eigenvalue weighted by molar-refractivity contribution is 0.585. The molecule has 0 unspecified atom stereocenters. The van der Waals surface area contributed by atoms with E-state index < -0.39 is 14.6 Å². The van der Waals surface area contributed by atoms with E-state index in [1.54, 1.807) is 12.4 Å². The fourth-order valence-electron chi connectivity index (χ4n) is 2.11. The van der Waals surface area contributed by atoms with Crippen molar-refractivity contribution in [3.8, 4) is 0 Å². The van der Waals surface area contributed by atoms with Gasteiger partial charge in [-0.3, -0.25) is 4.98 Å². The van der Waals surface area contributed by atoms with Gasteiger partial charge in [0.2, 0.25) is 0 Å². The molecule has 7 heteroatoms. The number of rotatable bonds is 4. The van der Waals surface area contributed by atoms with Crippen LogP contribution in [-0.4, -0.2) is 40.9 Å². The zero-order valence-electron chi connectivity index (χ0n) is 10.5. The number of hydrogen-bond acceptors (Lipinski definition) is 6. The smallest absolute Gasteiger partial charge is 0.154 e. The van der Waals surface area contributed by atoms with Gasteiger partial charge in [0.25, 0.3) is 0 Å². The predicted octanol–water partition coefficient (Wildman–Crippen LogP) is 1.01. The summed E-state index contributed by atoms with van der Waals surface area (Å²) in [5.41, 5.74) is 0.740. The summed E-state index contributed by atoms with van der Waals surface area (Å²) in [6, 6.07) is 1.82. The van der Waals surface area contributed by atoms with E-state index in [1.807, 2.05) is 6.07 Å². The zero-order chi connectivity index (χ0) is 13.5. The Bertz CT molecular complexity index is 720. The molecule has 1 aliphatic carbocycles. The van der Waals surface area contributed by atoms with Gasteiger partial charge in [0.1, 0.15) is 12.1 Å². The number of nitrogens with one attached hydrogen (secondary N) is 1. The van der Waals surface area contributed by atoms with Gasteiger partial charge in [-0.05, 0) is 18.9 Å². The second-order valence-corrected chi connectivity index (χ2v) is 7.33. The van der Waals surface area contributed by atoms with E-state index in [9.17, 15) is 8.42 Å². The molecular weight excluding hydrogens is 264 g/mol.